The number of carboxylic acid groups (broad SMARTS) is 1. The summed E-state index contributed by atoms with van der Waals surface area (Å²) in [5.74, 6) is -0.847. The molecule has 0 bridgehead atoms. The van der Waals surface area contributed by atoms with Crippen LogP contribution in [0.25, 0.3) is 0 Å². The smallest absolute Gasteiger partial charge is 0.345 e. The predicted molar refractivity (Wildman–Crippen MR) is 50.0 cm³/mol. The van der Waals surface area contributed by atoms with E-state index in [2.05, 4.69) is 4.42 Å². The first-order valence-electron chi connectivity index (χ1n) is 3.54. The van der Waals surface area contributed by atoms with Crippen molar-refractivity contribution in [2.24, 2.45) is 0 Å². The third-order valence-corrected chi connectivity index (χ3v) is 2.02. The molecule has 0 spiro atoms. The van der Waals surface area contributed by atoms with Crippen LogP contribution in [-0.4, -0.2) is 11.1 Å². The molecule has 0 unspecified atom stereocenters. The van der Waals surface area contributed by atoms with Crippen molar-refractivity contribution in [3.63, 3.8) is 0 Å². The van der Waals surface area contributed by atoms with E-state index in [4.69, 9.17) is 5.11 Å². The van der Waals surface area contributed by atoms with Crippen molar-refractivity contribution >= 4 is 17.3 Å². The number of hydrogen-bond acceptors (Lipinski definition) is 3. The summed E-state index contributed by atoms with van der Waals surface area (Å²) in [4.78, 5) is 10.5. The lowest BCUT2D eigenvalue weighted by atomic mass is 10.5. The number of carboxylic acids is 1. The lowest BCUT2D eigenvalue weighted by Crippen LogP contribution is -1.89. The quantitative estimate of drug-likeness (QED) is 0.762. The van der Waals surface area contributed by atoms with Gasteiger partial charge >= 0.3 is 5.97 Å². The van der Waals surface area contributed by atoms with E-state index in [1.165, 1.54) is 11.3 Å². The second-order valence-electron chi connectivity index (χ2n) is 2.08. The zero-order chi connectivity index (χ0) is 9.52. The third-order valence-electron chi connectivity index (χ3n) is 1.16. The highest BCUT2D eigenvalue weighted by Gasteiger charge is 1.99. The van der Waals surface area contributed by atoms with Gasteiger partial charge in [-0.2, -0.15) is 0 Å². The Labute approximate surface area is 79.2 Å². The van der Waals surface area contributed by atoms with Gasteiger partial charge in [0.2, 0.25) is 0 Å². The lowest BCUT2D eigenvalue weighted by Gasteiger charge is -1.78. The van der Waals surface area contributed by atoms with Gasteiger partial charge in [-0.3, -0.25) is 0 Å². The summed E-state index contributed by atoms with van der Waals surface area (Å²) in [5.41, 5.74) is 0. The molecule has 2 aromatic rings. The van der Waals surface area contributed by atoms with E-state index in [9.17, 15) is 4.79 Å². The number of rotatable bonds is 1. The van der Waals surface area contributed by atoms with Gasteiger partial charge in [-0.15, -0.1) is 11.3 Å². The van der Waals surface area contributed by atoms with Crippen LogP contribution in [0.15, 0.2) is 46.6 Å². The fourth-order valence-corrected chi connectivity index (χ4v) is 1.19. The summed E-state index contributed by atoms with van der Waals surface area (Å²) in [7, 11) is 0. The van der Waals surface area contributed by atoms with E-state index < -0.39 is 5.97 Å². The van der Waals surface area contributed by atoms with E-state index in [1.54, 1.807) is 30.0 Å². The number of carbonyl (C=O) groups is 1. The molecule has 0 fully saturated rings. The summed E-state index contributed by atoms with van der Waals surface area (Å²) in [6.07, 6.45) is 3.25. The van der Waals surface area contributed by atoms with Crippen molar-refractivity contribution in [2.45, 2.75) is 0 Å². The first-order valence-corrected chi connectivity index (χ1v) is 4.42. The van der Waals surface area contributed by atoms with Crippen molar-refractivity contribution in [1.29, 1.82) is 0 Å². The second kappa shape index (κ2) is 5.16. The molecule has 0 aliphatic rings. The Morgan fingerprint density at radius 3 is 2.23 bits per heavy atom. The third kappa shape index (κ3) is 3.57. The highest BCUT2D eigenvalue weighted by atomic mass is 32.1. The molecule has 2 rings (SSSR count). The van der Waals surface area contributed by atoms with Crippen molar-refractivity contribution in [3.8, 4) is 0 Å². The van der Waals surface area contributed by atoms with Gasteiger partial charge in [0, 0.05) is 0 Å². The van der Waals surface area contributed by atoms with Gasteiger partial charge in [0.25, 0.3) is 0 Å². The SMILES string of the molecule is O=C(O)c1cccs1.c1ccoc1. The molecule has 13 heavy (non-hydrogen) atoms. The molecule has 3 nitrogen and oxygen atoms in total. The average molecular weight is 196 g/mol. The molecule has 0 aromatic carbocycles. The van der Waals surface area contributed by atoms with Crippen LogP contribution < -0.4 is 0 Å². The van der Waals surface area contributed by atoms with E-state index in [0.29, 0.717) is 4.88 Å². The molecule has 68 valence electrons. The Balaban J connectivity index is 0.000000145. The number of furan rings is 1. The normalized spacial score (nSPS) is 8.62. The summed E-state index contributed by atoms with van der Waals surface area (Å²) >= 11 is 1.23. The zero-order valence-electron chi connectivity index (χ0n) is 6.71. The van der Waals surface area contributed by atoms with Crippen LogP contribution in [0.1, 0.15) is 9.67 Å². The second-order valence-corrected chi connectivity index (χ2v) is 3.02. The molecular weight excluding hydrogens is 188 g/mol. The van der Waals surface area contributed by atoms with Crippen LogP contribution in [0.3, 0.4) is 0 Å². The lowest BCUT2D eigenvalue weighted by molar-refractivity contribution is 0.0702. The topological polar surface area (TPSA) is 50.4 Å². The number of thiophene rings is 1. The molecule has 0 radical (unpaired) electrons. The molecule has 0 saturated carbocycles. The molecule has 0 saturated heterocycles. The fourth-order valence-electron chi connectivity index (χ4n) is 0.627. The largest absolute Gasteiger partial charge is 0.477 e. The van der Waals surface area contributed by atoms with Crippen molar-refractivity contribution < 1.29 is 14.3 Å². The van der Waals surface area contributed by atoms with Gasteiger partial charge in [0.1, 0.15) is 4.88 Å². The van der Waals surface area contributed by atoms with Crippen LogP contribution in [-0.2, 0) is 0 Å². The monoisotopic (exact) mass is 196 g/mol. The van der Waals surface area contributed by atoms with Gasteiger partial charge in [-0.1, -0.05) is 6.07 Å². The van der Waals surface area contributed by atoms with Crippen LogP contribution in [0, 0.1) is 0 Å². The molecule has 0 aliphatic heterocycles. The van der Waals surface area contributed by atoms with E-state index in [0.717, 1.165) is 0 Å². The molecule has 0 amide bonds. The molecule has 2 heterocycles. The highest BCUT2D eigenvalue weighted by Crippen LogP contribution is 2.06. The Morgan fingerprint density at radius 2 is 2.00 bits per heavy atom. The van der Waals surface area contributed by atoms with Gasteiger partial charge < -0.3 is 9.52 Å². The summed E-state index contributed by atoms with van der Waals surface area (Å²) < 4.78 is 4.58. The van der Waals surface area contributed by atoms with Crippen molar-refractivity contribution in [2.75, 3.05) is 0 Å². The number of hydrogen-bond donors (Lipinski definition) is 1. The average Bonchev–Trinajstić information content (AvgIpc) is 2.82. The first-order chi connectivity index (χ1) is 6.30. The number of aromatic carboxylic acids is 1. The Hall–Kier alpha value is -1.55. The predicted octanol–water partition coefficient (Wildman–Crippen LogP) is 2.73. The summed E-state index contributed by atoms with van der Waals surface area (Å²) in [6, 6.07) is 6.96. The zero-order valence-corrected chi connectivity index (χ0v) is 7.53. The highest BCUT2D eigenvalue weighted by molar-refractivity contribution is 7.11. The minimum atomic E-state index is -0.847. The van der Waals surface area contributed by atoms with Gasteiger partial charge in [0.15, 0.2) is 0 Å². The van der Waals surface area contributed by atoms with Crippen molar-refractivity contribution in [1.82, 2.24) is 0 Å². The van der Waals surface area contributed by atoms with Crippen molar-refractivity contribution in [3.05, 3.63) is 47.0 Å². The summed E-state index contributed by atoms with van der Waals surface area (Å²) in [6.45, 7) is 0. The fraction of sp³-hybridized carbons (Fsp3) is 0. The molecular formula is C9H8O3S. The van der Waals surface area contributed by atoms with Gasteiger partial charge in [0.05, 0.1) is 12.5 Å². The Kier molecular flexibility index (Phi) is 3.78. The molecule has 4 heteroatoms. The minimum absolute atomic E-state index is 0.394. The van der Waals surface area contributed by atoms with Crippen LogP contribution in [0.2, 0.25) is 0 Å². The molecule has 2 aromatic heterocycles. The molecule has 1 N–H and O–H groups in total. The van der Waals surface area contributed by atoms with Crippen LogP contribution in [0.5, 0.6) is 0 Å². The van der Waals surface area contributed by atoms with Crippen LogP contribution in [0.4, 0.5) is 0 Å². The molecule has 0 atom stereocenters. The summed E-state index contributed by atoms with van der Waals surface area (Å²) in [5, 5.41) is 10.0. The van der Waals surface area contributed by atoms with E-state index in [-0.39, 0.29) is 0 Å². The van der Waals surface area contributed by atoms with Gasteiger partial charge in [-0.25, -0.2) is 4.79 Å². The minimum Gasteiger partial charge on any atom is -0.477 e. The van der Waals surface area contributed by atoms with Gasteiger partial charge in [-0.05, 0) is 23.6 Å². The first kappa shape index (κ1) is 9.54. The Bertz CT molecular complexity index is 306. The van der Waals surface area contributed by atoms with E-state index >= 15 is 0 Å². The standard InChI is InChI=1S/C5H4O2S.C4H4O/c6-5(7)4-2-1-3-8-4;1-2-4-5-3-1/h1-3H,(H,6,7);1-4H. The van der Waals surface area contributed by atoms with Crippen LogP contribution >= 0.6 is 11.3 Å². The maximum atomic E-state index is 10.1. The maximum absolute atomic E-state index is 10.1. The van der Waals surface area contributed by atoms with E-state index in [1.807, 2.05) is 12.1 Å². The molecule has 0 aliphatic carbocycles. The Morgan fingerprint density at radius 1 is 1.31 bits per heavy atom. The maximum Gasteiger partial charge on any atom is 0.345 e.